The van der Waals surface area contributed by atoms with Crippen LogP contribution in [-0.4, -0.2) is 30.5 Å². The molecule has 0 saturated heterocycles. The summed E-state index contributed by atoms with van der Waals surface area (Å²) in [4.78, 5) is 28.0. The Balaban J connectivity index is 1.63. The van der Waals surface area contributed by atoms with Crippen molar-refractivity contribution in [1.82, 2.24) is 4.98 Å². The summed E-state index contributed by atoms with van der Waals surface area (Å²) in [6, 6.07) is 11.0. The molecule has 0 amide bonds. The summed E-state index contributed by atoms with van der Waals surface area (Å²) in [5.41, 5.74) is 2.02. The van der Waals surface area contributed by atoms with Gasteiger partial charge >= 0.3 is 12.6 Å². The highest BCUT2D eigenvalue weighted by atomic mass is 35.5. The lowest BCUT2D eigenvalue weighted by atomic mass is 10.0. The molecule has 1 saturated carbocycles. The second-order valence-electron chi connectivity index (χ2n) is 8.64. The summed E-state index contributed by atoms with van der Waals surface area (Å²) >= 11 is 12.6. The maximum Gasteiger partial charge on any atom is 0.387 e. The number of rotatable bonds is 12. The highest BCUT2D eigenvalue weighted by Crippen LogP contribution is 2.38. The van der Waals surface area contributed by atoms with Gasteiger partial charge in [-0.1, -0.05) is 47.5 Å². The van der Waals surface area contributed by atoms with Crippen LogP contribution in [0.3, 0.4) is 0 Å². The minimum absolute atomic E-state index is 0.0897. The predicted molar refractivity (Wildman–Crippen MR) is 134 cm³/mol. The number of benzene rings is 2. The second kappa shape index (κ2) is 12.3. The molecular weight excluding hydrogens is 527 g/mol. The lowest BCUT2D eigenvalue weighted by molar-refractivity contribution is -0.148. The zero-order valence-corrected chi connectivity index (χ0v) is 21.1. The molecule has 0 aliphatic heterocycles. The Bertz CT molecular complexity index is 1250. The molecule has 1 heterocycles. The number of hydrogen-bond donors (Lipinski definition) is 0. The molecule has 0 bridgehead atoms. The van der Waals surface area contributed by atoms with E-state index in [2.05, 4.69) is 9.72 Å². The van der Waals surface area contributed by atoms with Crippen LogP contribution in [0.15, 0.2) is 54.9 Å². The Morgan fingerprint density at radius 1 is 1.08 bits per heavy atom. The Morgan fingerprint density at radius 2 is 1.84 bits per heavy atom. The number of carbonyl (C=O) groups is 2. The van der Waals surface area contributed by atoms with E-state index < -0.39 is 18.7 Å². The number of ether oxygens (including phenoxy) is 3. The van der Waals surface area contributed by atoms with E-state index >= 15 is 0 Å². The highest BCUT2D eigenvalue weighted by molar-refractivity contribution is 6.35. The fourth-order valence-corrected chi connectivity index (χ4v) is 4.23. The number of aromatic nitrogens is 1. The quantitative estimate of drug-likeness (QED) is 0.186. The standard InChI is InChI=1S/C27H23Cl2F2NO5/c28-21-12-32-13-22(29)20(21)11-24(36-26(34)9-17-2-1-3-18(8-17)14-33)19-6-7-23(37-27(30)31)25(10-19)35-15-16-4-5-16/h1-3,6-8,10,12-14,16,24,27H,4-5,9,11,15H2/t24-/m0/s1. The fourth-order valence-electron chi connectivity index (χ4n) is 3.71. The Morgan fingerprint density at radius 3 is 2.51 bits per heavy atom. The van der Waals surface area contributed by atoms with Crippen LogP contribution in [0.2, 0.25) is 10.0 Å². The summed E-state index contributed by atoms with van der Waals surface area (Å²) < 4.78 is 42.2. The van der Waals surface area contributed by atoms with Gasteiger partial charge in [0.1, 0.15) is 12.4 Å². The zero-order chi connectivity index (χ0) is 26.4. The average molecular weight is 550 g/mol. The van der Waals surface area contributed by atoms with Crippen LogP contribution < -0.4 is 9.47 Å². The molecule has 1 fully saturated rings. The van der Waals surface area contributed by atoms with Gasteiger partial charge in [-0.15, -0.1) is 0 Å². The van der Waals surface area contributed by atoms with Crippen LogP contribution in [0.5, 0.6) is 11.5 Å². The third-order valence-electron chi connectivity index (χ3n) is 5.78. The number of esters is 1. The Labute approximate surface area is 222 Å². The highest BCUT2D eigenvalue weighted by Gasteiger charge is 2.26. The van der Waals surface area contributed by atoms with E-state index in [1.54, 1.807) is 24.3 Å². The van der Waals surface area contributed by atoms with Gasteiger partial charge in [-0.25, -0.2) is 0 Å². The van der Waals surface area contributed by atoms with Crippen LogP contribution in [0.25, 0.3) is 0 Å². The molecule has 194 valence electrons. The molecule has 0 spiro atoms. The van der Waals surface area contributed by atoms with Gasteiger partial charge in [0.15, 0.2) is 11.5 Å². The Kier molecular flexibility index (Phi) is 8.95. The third-order valence-corrected chi connectivity index (χ3v) is 6.43. The SMILES string of the molecule is O=Cc1cccc(CC(=O)O[C@@H](Cc2c(Cl)cncc2Cl)c2ccc(OC(F)F)c(OCC3CC3)c2)c1. The van der Waals surface area contributed by atoms with Crippen molar-refractivity contribution >= 4 is 35.5 Å². The van der Waals surface area contributed by atoms with Gasteiger partial charge in [-0.2, -0.15) is 8.78 Å². The molecule has 0 radical (unpaired) electrons. The molecule has 1 aliphatic rings. The molecule has 0 unspecified atom stereocenters. The first-order chi connectivity index (χ1) is 17.8. The zero-order valence-electron chi connectivity index (χ0n) is 19.5. The topological polar surface area (TPSA) is 74.7 Å². The van der Waals surface area contributed by atoms with Crippen molar-refractivity contribution < 1.29 is 32.6 Å². The lowest BCUT2D eigenvalue weighted by Gasteiger charge is -2.21. The first kappa shape index (κ1) is 26.8. The van der Waals surface area contributed by atoms with Gasteiger partial charge < -0.3 is 14.2 Å². The summed E-state index contributed by atoms with van der Waals surface area (Å²) in [6.45, 7) is -2.66. The molecule has 6 nitrogen and oxygen atoms in total. The van der Waals surface area contributed by atoms with E-state index in [-0.39, 0.29) is 34.4 Å². The summed E-state index contributed by atoms with van der Waals surface area (Å²) in [6.07, 6.45) is 4.68. The van der Waals surface area contributed by atoms with E-state index in [1.165, 1.54) is 30.6 Å². The molecule has 3 aromatic rings. The second-order valence-corrected chi connectivity index (χ2v) is 9.46. The molecule has 1 aliphatic carbocycles. The number of aldehydes is 1. The normalized spacial score (nSPS) is 13.8. The number of pyridine rings is 1. The van der Waals surface area contributed by atoms with Gasteiger partial charge in [0.05, 0.1) is 23.1 Å². The van der Waals surface area contributed by atoms with Crippen molar-refractivity contribution in [3.05, 3.63) is 87.2 Å². The molecule has 10 heteroatoms. The van der Waals surface area contributed by atoms with Crippen molar-refractivity contribution in [3.8, 4) is 11.5 Å². The van der Waals surface area contributed by atoms with E-state index in [0.717, 1.165) is 12.8 Å². The molecule has 1 atom stereocenters. The molecule has 4 rings (SSSR count). The van der Waals surface area contributed by atoms with Crippen LogP contribution in [-0.2, 0) is 22.4 Å². The number of carbonyl (C=O) groups excluding carboxylic acids is 2. The van der Waals surface area contributed by atoms with Crippen LogP contribution in [0.4, 0.5) is 8.78 Å². The molecule has 0 N–H and O–H groups in total. The summed E-state index contributed by atoms with van der Waals surface area (Å²) in [7, 11) is 0. The van der Waals surface area contributed by atoms with Crippen molar-refractivity contribution in [1.29, 1.82) is 0 Å². The van der Waals surface area contributed by atoms with Crippen molar-refractivity contribution in [2.45, 2.75) is 38.4 Å². The molecule has 2 aromatic carbocycles. The van der Waals surface area contributed by atoms with Gasteiger partial charge in [-0.3, -0.25) is 14.6 Å². The predicted octanol–water partition coefficient (Wildman–Crippen LogP) is 6.66. The van der Waals surface area contributed by atoms with Crippen molar-refractivity contribution in [2.24, 2.45) is 5.92 Å². The fraction of sp³-hybridized carbons (Fsp3) is 0.296. The molecule has 37 heavy (non-hydrogen) atoms. The lowest BCUT2D eigenvalue weighted by Crippen LogP contribution is -2.17. The maximum absolute atomic E-state index is 13.0. The van der Waals surface area contributed by atoms with E-state index in [4.69, 9.17) is 32.7 Å². The van der Waals surface area contributed by atoms with Gasteiger partial charge in [-0.05, 0) is 53.6 Å². The van der Waals surface area contributed by atoms with Crippen LogP contribution >= 0.6 is 23.2 Å². The monoisotopic (exact) mass is 549 g/mol. The largest absolute Gasteiger partial charge is 0.489 e. The first-order valence-electron chi connectivity index (χ1n) is 11.6. The van der Waals surface area contributed by atoms with Crippen molar-refractivity contribution in [2.75, 3.05) is 6.61 Å². The van der Waals surface area contributed by atoms with Gasteiger partial charge in [0.2, 0.25) is 0 Å². The number of nitrogens with zero attached hydrogens (tertiary/aromatic N) is 1. The van der Waals surface area contributed by atoms with Gasteiger partial charge in [0.25, 0.3) is 0 Å². The van der Waals surface area contributed by atoms with Crippen LogP contribution in [0, 0.1) is 5.92 Å². The minimum Gasteiger partial charge on any atom is -0.489 e. The number of hydrogen-bond acceptors (Lipinski definition) is 6. The minimum atomic E-state index is -3.03. The molecule has 1 aromatic heterocycles. The van der Waals surface area contributed by atoms with E-state index in [1.807, 2.05) is 0 Å². The van der Waals surface area contributed by atoms with Crippen molar-refractivity contribution in [3.63, 3.8) is 0 Å². The smallest absolute Gasteiger partial charge is 0.387 e. The van der Waals surface area contributed by atoms with Crippen LogP contribution in [0.1, 0.15) is 46.0 Å². The van der Waals surface area contributed by atoms with Gasteiger partial charge in [0, 0.05) is 24.4 Å². The average Bonchev–Trinajstić information content (AvgIpc) is 3.69. The van der Waals surface area contributed by atoms with E-state index in [9.17, 15) is 18.4 Å². The van der Waals surface area contributed by atoms with E-state index in [0.29, 0.717) is 41.1 Å². The summed E-state index contributed by atoms with van der Waals surface area (Å²) in [5.74, 6) is -0.192. The Hall–Kier alpha value is -3.23. The number of alkyl halides is 2. The molecular formula is C27H23Cl2F2NO5. The third kappa shape index (κ3) is 7.63. The number of halogens is 4. The first-order valence-corrected chi connectivity index (χ1v) is 12.3. The summed E-state index contributed by atoms with van der Waals surface area (Å²) in [5, 5.41) is 0.574. The maximum atomic E-state index is 13.0.